The van der Waals surface area contributed by atoms with E-state index in [0.717, 1.165) is 6.54 Å². The van der Waals surface area contributed by atoms with Crippen molar-refractivity contribution in [2.24, 2.45) is 17.6 Å². The van der Waals surface area contributed by atoms with Gasteiger partial charge in [0.15, 0.2) is 5.72 Å². The molecular formula is C20H34N2O3. The zero-order valence-corrected chi connectivity index (χ0v) is 15.9. The summed E-state index contributed by atoms with van der Waals surface area (Å²) >= 11 is 0. The molecule has 5 heteroatoms. The van der Waals surface area contributed by atoms with Crippen LogP contribution in [0.25, 0.3) is 0 Å². The standard InChI is InChI=1S/C20H34N2O3/c1-19(2,3)25-18(23)17(11-13-21)20(24)12-7-8-14-22(20)15-16-9-5-4-6-10-16/h7-8,12,14,16-17,24H,4-6,9-11,13,15,21H2,1-3H3. The monoisotopic (exact) mass is 350 g/mol. The number of carbonyl (C=O) groups excluding carboxylic acids is 1. The van der Waals surface area contributed by atoms with Gasteiger partial charge in [0, 0.05) is 12.7 Å². The molecule has 0 bridgehead atoms. The van der Waals surface area contributed by atoms with E-state index in [1.54, 1.807) is 12.2 Å². The Morgan fingerprint density at radius 2 is 2.00 bits per heavy atom. The van der Waals surface area contributed by atoms with Gasteiger partial charge in [0.1, 0.15) is 11.5 Å². The average Bonchev–Trinajstić information content (AvgIpc) is 2.54. The molecule has 2 unspecified atom stereocenters. The van der Waals surface area contributed by atoms with Crippen LogP contribution in [-0.2, 0) is 9.53 Å². The van der Waals surface area contributed by atoms with E-state index in [-0.39, 0.29) is 0 Å². The molecule has 5 nitrogen and oxygen atoms in total. The molecule has 0 aromatic carbocycles. The smallest absolute Gasteiger partial charge is 0.314 e. The third-order valence-electron chi connectivity index (χ3n) is 5.02. The predicted octanol–water partition coefficient (Wildman–Crippen LogP) is 2.95. The second-order valence-corrected chi connectivity index (χ2v) is 8.30. The van der Waals surface area contributed by atoms with Gasteiger partial charge in [0.25, 0.3) is 0 Å². The van der Waals surface area contributed by atoms with Gasteiger partial charge >= 0.3 is 5.97 Å². The number of rotatable bonds is 6. The van der Waals surface area contributed by atoms with Crippen molar-refractivity contribution in [1.29, 1.82) is 0 Å². The topological polar surface area (TPSA) is 75.8 Å². The van der Waals surface area contributed by atoms with Crippen LogP contribution in [0.4, 0.5) is 0 Å². The molecule has 1 heterocycles. The Labute approximate surface area is 151 Å². The third-order valence-corrected chi connectivity index (χ3v) is 5.02. The predicted molar refractivity (Wildman–Crippen MR) is 99.5 cm³/mol. The van der Waals surface area contributed by atoms with E-state index in [9.17, 15) is 9.90 Å². The van der Waals surface area contributed by atoms with Crippen molar-refractivity contribution in [3.63, 3.8) is 0 Å². The lowest BCUT2D eigenvalue weighted by molar-refractivity contribution is -0.178. The van der Waals surface area contributed by atoms with Gasteiger partial charge in [-0.2, -0.15) is 0 Å². The van der Waals surface area contributed by atoms with Crippen molar-refractivity contribution in [1.82, 2.24) is 4.90 Å². The van der Waals surface area contributed by atoms with Gasteiger partial charge in [0.2, 0.25) is 0 Å². The maximum absolute atomic E-state index is 12.8. The van der Waals surface area contributed by atoms with E-state index < -0.39 is 23.2 Å². The normalized spacial score (nSPS) is 25.9. The molecule has 1 fully saturated rings. The summed E-state index contributed by atoms with van der Waals surface area (Å²) in [5.41, 5.74) is 3.77. The minimum Gasteiger partial charge on any atom is -0.460 e. The van der Waals surface area contributed by atoms with Crippen LogP contribution in [0.1, 0.15) is 59.3 Å². The fourth-order valence-corrected chi connectivity index (χ4v) is 3.78. The van der Waals surface area contributed by atoms with Gasteiger partial charge in [-0.15, -0.1) is 0 Å². The van der Waals surface area contributed by atoms with Gasteiger partial charge in [-0.05, 0) is 64.6 Å². The van der Waals surface area contributed by atoms with Crippen molar-refractivity contribution in [3.05, 3.63) is 24.4 Å². The van der Waals surface area contributed by atoms with Crippen molar-refractivity contribution >= 4 is 5.97 Å². The summed E-state index contributed by atoms with van der Waals surface area (Å²) in [5.74, 6) is -0.552. The molecule has 1 aliphatic heterocycles. The molecule has 2 atom stereocenters. The summed E-state index contributed by atoms with van der Waals surface area (Å²) < 4.78 is 5.57. The summed E-state index contributed by atoms with van der Waals surface area (Å²) in [7, 11) is 0. The fraction of sp³-hybridized carbons (Fsp3) is 0.750. The molecular weight excluding hydrogens is 316 g/mol. The van der Waals surface area contributed by atoms with Crippen LogP contribution >= 0.6 is 0 Å². The Morgan fingerprint density at radius 1 is 1.32 bits per heavy atom. The molecule has 0 saturated heterocycles. The molecule has 0 radical (unpaired) electrons. The molecule has 0 aromatic rings. The molecule has 2 rings (SSSR count). The largest absolute Gasteiger partial charge is 0.460 e. The first-order chi connectivity index (χ1) is 11.8. The highest BCUT2D eigenvalue weighted by Gasteiger charge is 2.46. The van der Waals surface area contributed by atoms with Gasteiger partial charge in [-0.25, -0.2) is 0 Å². The molecule has 142 valence electrons. The maximum atomic E-state index is 12.8. The van der Waals surface area contributed by atoms with Crippen molar-refractivity contribution in [3.8, 4) is 0 Å². The number of aliphatic hydroxyl groups is 1. The minimum atomic E-state index is -1.38. The first-order valence-electron chi connectivity index (χ1n) is 9.54. The fourth-order valence-electron chi connectivity index (χ4n) is 3.78. The van der Waals surface area contributed by atoms with Gasteiger partial charge < -0.3 is 20.5 Å². The Kier molecular flexibility index (Phi) is 6.69. The molecule has 2 aliphatic rings. The van der Waals surface area contributed by atoms with E-state index in [1.165, 1.54) is 32.1 Å². The first kappa shape index (κ1) is 20.0. The van der Waals surface area contributed by atoms with Crippen molar-refractivity contribution in [2.75, 3.05) is 13.1 Å². The number of ether oxygens (including phenoxy) is 1. The van der Waals surface area contributed by atoms with E-state index >= 15 is 0 Å². The van der Waals surface area contributed by atoms with Crippen molar-refractivity contribution in [2.45, 2.75) is 70.6 Å². The first-order valence-corrected chi connectivity index (χ1v) is 9.54. The summed E-state index contributed by atoms with van der Waals surface area (Å²) in [6.45, 7) is 6.59. The lowest BCUT2D eigenvalue weighted by Gasteiger charge is -2.45. The Bertz CT molecular complexity index is 504. The molecule has 3 N–H and O–H groups in total. The third kappa shape index (κ3) is 5.32. The zero-order valence-electron chi connectivity index (χ0n) is 15.9. The van der Waals surface area contributed by atoms with Gasteiger partial charge in [0.05, 0.1) is 0 Å². The molecule has 25 heavy (non-hydrogen) atoms. The average molecular weight is 351 g/mol. The van der Waals surface area contributed by atoms with E-state index in [1.807, 2.05) is 37.9 Å². The number of nitrogens with two attached hydrogens (primary N) is 1. The second-order valence-electron chi connectivity index (χ2n) is 8.30. The lowest BCUT2D eigenvalue weighted by atomic mass is 9.85. The number of carbonyl (C=O) groups is 1. The summed E-state index contributed by atoms with van der Waals surface area (Å²) in [5, 5.41) is 11.5. The Hall–Kier alpha value is -1.33. The van der Waals surface area contributed by atoms with Gasteiger partial charge in [-0.3, -0.25) is 4.79 Å². The highest BCUT2D eigenvalue weighted by Crippen LogP contribution is 2.34. The summed E-state index contributed by atoms with van der Waals surface area (Å²) in [6.07, 6.45) is 13.8. The number of hydrogen-bond acceptors (Lipinski definition) is 5. The van der Waals surface area contributed by atoms with Crippen LogP contribution in [0.2, 0.25) is 0 Å². The maximum Gasteiger partial charge on any atom is 0.314 e. The molecule has 0 aromatic heterocycles. The molecule has 0 amide bonds. The SMILES string of the molecule is CC(C)(C)OC(=O)C(CCN)C1(O)C=CC=CN1CC1CCCCC1. The van der Waals surface area contributed by atoms with Crippen LogP contribution < -0.4 is 5.73 Å². The number of esters is 1. The number of hydrogen-bond donors (Lipinski definition) is 2. The van der Waals surface area contributed by atoms with Crippen LogP contribution in [0.5, 0.6) is 0 Å². The van der Waals surface area contributed by atoms with Crippen LogP contribution in [0, 0.1) is 11.8 Å². The van der Waals surface area contributed by atoms with Crippen LogP contribution in [-0.4, -0.2) is 40.4 Å². The summed E-state index contributed by atoms with van der Waals surface area (Å²) in [6, 6.07) is 0. The van der Waals surface area contributed by atoms with E-state index in [2.05, 4.69) is 0 Å². The lowest BCUT2D eigenvalue weighted by Crippen LogP contribution is -2.56. The minimum absolute atomic E-state index is 0.320. The molecule has 1 saturated carbocycles. The quantitative estimate of drug-likeness (QED) is 0.720. The zero-order chi connectivity index (χ0) is 18.5. The highest BCUT2D eigenvalue weighted by molar-refractivity contribution is 5.75. The Balaban J connectivity index is 2.19. The second kappa shape index (κ2) is 8.37. The summed E-state index contributed by atoms with van der Waals surface area (Å²) in [4.78, 5) is 14.7. The molecule has 1 aliphatic carbocycles. The van der Waals surface area contributed by atoms with Crippen molar-refractivity contribution < 1.29 is 14.6 Å². The molecule has 0 spiro atoms. The number of allylic oxidation sites excluding steroid dienone is 2. The highest BCUT2D eigenvalue weighted by atomic mass is 16.6. The van der Waals surface area contributed by atoms with Crippen LogP contribution in [0.15, 0.2) is 24.4 Å². The van der Waals surface area contributed by atoms with Gasteiger partial charge in [-0.1, -0.05) is 25.3 Å². The number of nitrogens with zero attached hydrogens (tertiary/aromatic N) is 1. The Morgan fingerprint density at radius 3 is 2.60 bits per heavy atom. The van der Waals surface area contributed by atoms with Crippen LogP contribution in [0.3, 0.4) is 0 Å². The van der Waals surface area contributed by atoms with E-state index in [0.29, 0.717) is 18.9 Å². The van der Waals surface area contributed by atoms with E-state index in [4.69, 9.17) is 10.5 Å².